The Hall–Kier alpha value is -2.69. The number of H-pyrrole nitrogens is 1. The van der Waals surface area contributed by atoms with Gasteiger partial charge < -0.3 is 5.32 Å². The van der Waals surface area contributed by atoms with E-state index in [1.165, 1.54) is 0 Å². The van der Waals surface area contributed by atoms with E-state index in [0.717, 1.165) is 10.9 Å². The van der Waals surface area contributed by atoms with Crippen LogP contribution in [0.5, 0.6) is 0 Å². The molecule has 0 radical (unpaired) electrons. The van der Waals surface area contributed by atoms with Crippen LogP contribution < -0.4 is 5.32 Å². The lowest BCUT2D eigenvalue weighted by atomic mass is 10.2. The van der Waals surface area contributed by atoms with E-state index in [9.17, 15) is 4.79 Å². The molecule has 0 bridgehead atoms. The van der Waals surface area contributed by atoms with Crippen LogP contribution in [0.25, 0.3) is 10.9 Å². The van der Waals surface area contributed by atoms with E-state index in [1.807, 2.05) is 24.3 Å². The van der Waals surface area contributed by atoms with Crippen molar-refractivity contribution in [3.63, 3.8) is 0 Å². The Balaban J connectivity index is 1.91. The molecular weight excluding hydrogens is 228 g/mol. The smallest absolute Gasteiger partial charge is 0.275 e. The minimum Gasteiger partial charge on any atom is -0.303 e. The van der Waals surface area contributed by atoms with E-state index in [2.05, 4.69) is 20.5 Å². The number of rotatable bonds is 2. The molecule has 5 heteroatoms. The standard InChI is InChI=1S/C13H10N4O/c18-13(11-7-3-4-8-14-11)15-12-9-5-1-2-6-10(9)16-17-12/h1-8H,(H2,15,16,17,18). The van der Waals surface area contributed by atoms with Crippen LogP contribution in [0.2, 0.25) is 0 Å². The fourth-order valence-corrected chi connectivity index (χ4v) is 1.73. The number of carbonyl (C=O) groups is 1. The topological polar surface area (TPSA) is 70.7 Å². The molecule has 1 aromatic carbocycles. The van der Waals surface area contributed by atoms with Crippen molar-refractivity contribution < 1.29 is 4.79 Å². The Kier molecular flexibility index (Phi) is 2.49. The zero-order chi connectivity index (χ0) is 12.4. The van der Waals surface area contributed by atoms with Crippen LogP contribution >= 0.6 is 0 Å². The van der Waals surface area contributed by atoms with Crippen molar-refractivity contribution >= 4 is 22.6 Å². The number of anilines is 1. The maximum Gasteiger partial charge on any atom is 0.275 e. The van der Waals surface area contributed by atoms with Gasteiger partial charge in [0.2, 0.25) is 0 Å². The summed E-state index contributed by atoms with van der Waals surface area (Å²) < 4.78 is 0. The molecule has 2 N–H and O–H groups in total. The third-order valence-electron chi connectivity index (χ3n) is 2.60. The number of para-hydroxylation sites is 1. The predicted octanol–water partition coefficient (Wildman–Crippen LogP) is 2.21. The molecular formula is C13H10N4O. The highest BCUT2D eigenvalue weighted by Crippen LogP contribution is 2.19. The van der Waals surface area contributed by atoms with Crippen LogP contribution in [0.3, 0.4) is 0 Å². The lowest BCUT2D eigenvalue weighted by molar-refractivity contribution is 0.102. The van der Waals surface area contributed by atoms with Gasteiger partial charge in [0.25, 0.3) is 5.91 Å². The van der Waals surface area contributed by atoms with E-state index >= 15 is 0 Å². The first-order chi connectivity index (χ1) is 8.84. The molecule has 0 aliphatic rings. The number of fused-ring (bicyclic) bond motifs is 1. The fraction of sp³-hybridized carbons (Fsp3) is 0. The molecule has 18 heavy (non-hydrogen) atoms. The van der Waals surface area contributed by atoms with Crippen molar-refractivity contribution in [3.8, 4) is 0 Å². The Morgan fingerprint density at radius 2 is 1.94 bits per heavy atom. The van der Waals surface area contributed by atoms with Crippen molar-refractivity contribution in [1.82, 2.24) is 15.2 Å². The summed E-state index contributed by atoms with van der Waals surface area (Å²) in [5, 5.41) is 10.5. The molecule has 2 aromatic heterocycles. The highest BCUT2D eigenvalue weighted by Gasteiger charge is 2.11. The molecule has 88 valence electrons. The zero-order valence-corrected chi connectivity index (χ0v) is 9.42. The molecule has 0 atom stereocenters. The summed E-state index contributed by atoms with van der Waals surface area (Å²) in [6.45, 7) is 0. The quantitative estimate of drug-likeness (QED) is 0.719. The van der Waals surface area contributed by atoms with Crippen LogP contribution in [0.4, 0.5) is 5.82 Å². The molecule has 0 fully saturated rings. The molecule has 0 unspecified atom stereocenters. The maximum atomic E-state index is 11.9. The molecule has 3 rings (SSSR count). The highest BCUT2D eigenvalue weighted by atomic mass is 16.1. The minimum absolute atomic E-state index is 0.271. The molecule has 3 aromatic rings. The summed E-state index contributed by atoms with van der Waals surface area (Å²) >= 11 is 0. The highest BCUT2D eigenvalue weighted by molar-refractivity contribution is 6.06. The number of nitrogens with zero attached hydrogens (tertiary/aromatic N) is 2. The molecule has 0 spiro atoms. The zero-order valence-electron chi connectivity index (χ0n) is 9.42. The normalized spacial score (nSPS) is 10.4. The van der Waals surface area contributed by atoms with Gasteiger partial charge in [0.1, 0.15) is 5.69 Å². The predicted molar refractivity (Wildman–Crippen MR) is 68.3 cm³/mol. The monoisotopic (exact) mass is 238 g/mol. The Morgan fingerprint density at radius 3 is 2.78 bits per heavy atom. The number of aromatic nitrogens is 3. The molecule has 1 amide bonds. The first-order valence-corrected chi connectivity index (χ1v) is 5.50. The summed E-state index contributed by atoms with van der Waals surface area (Å²) in [4.78, 5) is 15.9. The molecule has 2 heterocycles. The third kappa shape index (κ3) is 1.82. The minimum atomic E-state index is -0.271. The summed E-state index contributed by atoms with van der Waals surface area (Å²) in [5.74, 6) is 0.245. The first kappa shape index (κ1) is 10.5. The van der Waals surface area contributed by atoms with Crippen LogP contribution in [-0.4, -0.2) is 21.1 Å². The number of aromatic amines is 1. The van der Waals surface area contributed by atoms with Crippen molar-refractivity contribution in [3.05, 3.63) is 54.4 Å². The lowest BCUT2D eigenvalue weighted by Gasteiger charge is -2.01. The van der Waals surface area contributed by atoms with Gasteiger partial charge >= 0.3 is 0 Å². The fourth-order valence-electron chi connectivity index (χ4n) is 1.73. The second-order valence-corrected chi connectivity index (χ2v) is 3.79. The van der Waals surface area contributed by atoms with Crippen LogP contribution in [0.15, 0.2) is 48.7 Å². The largest absolute Gasteiger partial charge is 0.303 e. The van der Waals surface area contributed by atoms with Gasteiger partial charge in [-0.1, -0.05) is 18.2 Å². The molecule has 0 aliphatic heterocycles. The van der Waals surface area contributed by atoms with Gasteiger partial charge in [-0.15, -0.1) is 0 Å². The van der Waals surface area contributed by atoms with E-state index in [1.54, 1.807) is 24.4 Å². The van der Waals surface area contributed by atoms with Crippen LogP contribution in [0.1, 0.15) is 10.5 Å². The first-order valence-electron chi connectivity index (χ1n) is 5.50. The van der Waals surface area contributed by atoms with E-state index in [4.69, 9.17) is 0 Å². The van der Waals surface area contributed by atoms with E-state index in [-0.39, 0.29) is 5.91 Å². The van der Waals surface area contributed by atoms with Gasteiger partial charge in [-0.2, -0.15) is 5.10 Å². The van der Waals surface area contributed by atoms with Gasteiger partial charge in [0, 0.05) is 11.6 Å². The van der Waals surface area contributed by atoms with Crippen molar-refractivity contribution in [2.75, 3.05) is 5.32 Å². The Morgan fingerprint density at radius 1 is 1.11 bits per heavy atom. The molecule has 0 saturated heterocycles. The van der Waals surface area contributed by atoms with Crippen molar-refractivity contribution in [1.29, 1.82) is 0 Å². The number of hydrogen-bond donors (Lipinski definition) is 2. The summed E-state index contributed by atoms with van der Waals surface area (Å²) in [7, 11) is 0. The Labute approximate surface area is 103 Å². The average Bonchev–Trinajstić information content (AvgIpc) is 2.83. The van der Waals surface area contributed by atoms with Crippen molar-refractivity contribution in [2.24, 2.45) is 0 Å². The molecule has 5 nitrogen and oxygen atoms in total. The summed E-state index contributed by atoms with van der Waals surface area (Å²) in [5.41, 5.74) is 1.25. The number of hydrogen-bond acceptors (Lipinski definition) is 3. The van der Waals surface area contributed by atoms with Gasteiger partial charge in [-0.3, -0.25) is 14.9 Å². The average molecular weight is 238 g/mol. The van der Waals surface area contributed by atoms with Crippen molar-refractivity contribution in [2.45, 2.75) is 0 Å². The van der Waals surface area contributed by atoms with Gasteiger partial charge in [0.15, 0.2) is 5.82 Å². The number of nitrogens with one attached hydrogen (secondary N) is 2. The molecule has 0 aliphatic carbocycles. The summed E-state index contributed by atoms with van der Waals surface area (Å²) in [6, 6.07) is 12.8. The molecule has 0 saturated carbocycles. The number of carbonyl (C=O) groups excluding carboxylic acids is 1. The van der Waals surface area contributed by atoms with Crippen LogP contribution in [0, 0.1) is 0 Å². The number of amides is 1. The second-order valence-electron chi connectivity index (χ2n) is 3.79. The van der Waals surface area contributed by atoms with Gasteiger partial charge in [-0.05, 0) is 24.3 Å². The van der Waals surface area contributed by atoms with Crippen LogP contribution in [-0.2, 0) is 0 Å². The number of pyridine rings is 1. The Bertz CT molecular complexity index is 690. The summed E-state index contributed by atoms with van der Waals surface area (Å²) in [6.07, 6.45) is 1.58. The SMILES string of the molecule is O=C(Nc1n[nH]c2ccccc12)c1ccccn1. The van der Waals surface area contributed by atoms with E-state index in [0.29, 0.717) is 11.5 Å². The lowest BCUT2D eigenvalue weighted by Crippen LogP contribution is -2.13. The van der Waals surface area contributed by atoms with E-state index < -0.39 is 0 Å². The van der Waals surface area contributed by atoms with Gasteiger partial charge in [-0.25, -0.2) is 0 Å². The third-order valence-corrected chi connectivity index (χ3v) is 2.60. The second kappa shape index (κ2) is 4.29. The van der Waals surface area contributed by atoms with Gasteiger partial charge in [0.05, 0.1) is 5.52 Å². The maximum absolute atomic E-state index is 11.9. The number of benzene rings is 1.